The van der Waals surface area contributed by atoms with Gasteiger partial charge in [-0.25, -0.2) is 4.99 Å². The average molecular weight is 347 g/mol. The van der Waals surface area contributed by atoms with E-state index < -0.39 is 0 Å². The molecule has 1 atom stereocenters. The zero-order chi connectivity index (χ0) is 17.9. The van der Waals surface area contributed by atoms with Gasteiger partial charge < -0.3 is 19.8 Å². The van der Waals surface area contributed by atoms with Gasteiger partial charge in [0, 0.05) is 5.69 Å². The number of fused-ring (bicyclic) bond motifs is 1. The third kappa shape index (κ3) is 3.04. The van der Waals surface area contributed by atoms with E-state index >= 15 is 0 Å². The summed E-state index contributed by atoms with van der Waals surface area (Å²) in [4.78, 5) is 6.87. The molecule has 0 amide bonds. The van der Waals surface area contributed by atoms with E-state index in [4.69, 9.17) is 19.9 Å². The van der Waals surface area contributed by atoms with Gasteiger partial charge in [0.2, 0.25) is 5.55 Å². The van der Waals surface area contributed by atoms with Crippen LogP contribution in [0.25, 0.3) is 5.82 Å². The van der Waals surface area contributed by atoms with Crippen LogP contribution in [0.15, 0.2) is 76.3 Å². The summed E-state index contributed by atoms with van der Waals surface area (Å²) in [6.07, 6.45) is 3.25. The number of nitrogens with two attached hydrogens (primary N) is 1. The molecular formula is C21H21N3O2. The summed E-state index contributed by atoms with van der Waals surface area (Å²) >= 11 is 0. The Hall–Kier alpha value is -3.21. The second-order valence-corrected chi connectivity index (χ2v) is 6.23. The van der Waals surface area contributed by atoms with Gasteiger partial charge >= 0.3 is 0 Å². The molecule has 5 heteroatoms. The number of furan rings is 1. The number of rotatable bonds is 5. The van der Waals surface area contributed by atoms with Crippen molar-refractivity contribution in [2.45, 2.75) is 19.0 Å². The fraction of sp³-hybridized carbons (Fsp3) is 0.190. The van der Waals surface area contributed by atoms with Gasteiger partial charge in [0.15, 0.2) is 0 Å². The number of anilines is 1. The second-order valence-electron chi connectivity index (χ2n) is 6.23. The summed E-state index contributed by atoms with van der Waals surface area (Å²) < 4.78 is 10.8. The Morgan fingerprint density at radius 3 is 2.58 bits per heavy atom. The zero-order valence-electron chi connectivity index (χ0n) is 14.6. The third-order valence-corrected chi connectivity index (χ3v) is 4.63. The van der Waals surface area contributed by atoms with Gasteiger partial charge in [0.1, 0.15) is 17.7 Å². The number of hydrogen-bond acceptors (Lipinski definition) is 5. The maximum absolute atomic E-state index is 6.49. The van der Waals surface area contributed by atoms with Crippen LogP contribution in [-0.4, -0.2) is 13.3 Å². The highest BCUT2D eigenvalue weighted by Gasteiger charge is 2.25. The molecule has 0 aliphatic carbocycles. The van der Waals surface area contributed by atoms with Crippen molar-refractivity contribution in [2.75, 3.05) is 12.0 Å². The van der Waals surface area contributed by atoms with Crippen molar-refractivity contribution in [3.63, 3.8) is 0 Å². The minimum atomic E-state index is -0.123. The molecule has 2 aromatic carbocycles. The van der Waals surface area contributed by atoms with Crippen LogP contribution in [0.4, 0.5) is 5.69 Å². The third-order valence-electron chi connectivity index (χ3n) is 4.63. The Kier molecular flexibility index (Phi) is 4.35. The highest BCUT2D eigenvalue weighted by molar-refractivity contribution is 5.68. The van der Waals surface area contributed by atoms with E-state index in [2.05, 4.69) is 29.2 Å². The van der Waals surface area contributed by atoms with Crippen LogP contribution in [0.5, 0.6) is 5.75 Å². The molecule has 3 aromatic rings. The van der Waals surface area contributed by atoms with Gasteiger partial charge in [-0.1, -0.05) is 30.3 Å². The second kappa shape index (κ2) is 6.96. The first-order valence-electron chi connectivity index (χ1n) is 8.64. The molecule has 0 saturated carbocycles. The predicted octanol–water partition coefficient (Wildman–Crippen LogP) is 2.41. The molecule has 0 bridgehead atoms. The minimum absolute atomic E-state index is 0.123. The van der Waals surface area contributed by atoms with Gasteiger partial charge in [-0.15, -0.1) is 0 Å². The van der Waals surface area contributed by atoms with E-state index in [9.17, 15) is 0 Å². The van der Waals surface area contributed by atoms with Gasteiger partial charge in [-0.3, -0.25) is 0 Å². The maximum Gasteiger partial charge on any atom is 0.227 e. The summed E-state index contributed by atoms with van der Waals surface area (Å²) in [6, 6.07) is 20.1. The van der Waals surface area contributed by atoms with E-state index in [1.54, 1.807) is 13.4 Å². The van der Waals surface area contributed by atoms with Gasteiger partial charge in [0.25, 0.3) is 0 Å². The van der Waals surface area contributed by atoms with Crippen molar-refractivity contribution >= 4 is 11.5 Å². The van der Waals surface area contributed by atoms with Crippen LogP contribution in [0.2, 0.25) is 0 Å². The SMILES string of the molecule is COc1ccc(N2C(N)=c3ccoc3=NC2CCc2ccccc2)cc1. The fourth-order valence-corrected chi connectivity index (χ4v) is 3.27. The van der Waals surface area contributed by atoms with E-state index in [1.807, 2.05) is 36.4 Å². The van der Waals surface area contributed by atoms with Crippen LogP contribution < -0.4 is 26.1 Å². The molecule has 0 saturated heterocycles. The van der Waals surface area contributed by atoms with Crippen LogP contribution in [0.1, 0.15) is 12.0 Å². The molecule has 1 aromatic heterocycles. The molecule has 2 heterocycles. The van der Waals surface area contributed by atoms with Crippen molar-refractivity contribution in [1.82, 2.24) is 0 Å². The fourth-order valence-electron chi connectivity index (χ4n) is 3.27. The molecule has 4 rings (SSSR count). The quantitative estimate of drug-likeness (QED) is 0.770. The Morgan fingerprint density at radius 1 is 1.08 bits per heavy atom. The molecule has 0 spiro atoms. The van der Waals surface area contributed by atoms with Crippen LogP contribution >= 0.6 is 0 Å². The minimum Gasteiger partial charge on any atom is -0.497 e. The molecule has 132 valence electrons. The molecular weight excluding hydrogens is 326 g/mol. The molecule has 5 nitrogen and oxygen atoms in total. The zero-order valence-corrected chi connectivity index (χ0v) is 14.6. The summed E-state index contributed by atoms with van der Waals surface area (Å²) in [7, 11) is 1.66. The molecule has 26 heavy (non-hydrogen) atoms. The first-order valence-corrected chi connectivity index (χ1v) is 8.64. The molecule has 1 aliphatic rings. The highest BCUT2D eigenvalue weighted by Crippen LogP contribution is 2.26. The monoisotopic (exact) mass is 347 g/mol. The molecule has 1 aliphatic heterocycles. The Labute approximate surface area is 152 Å². The Balaban J connectivity index is 1.69. The Bertz CT molecular complexity index is 994. The van der Waals surface area contributed by atoms with Gasteiger partial charge in [-0.2, -0.15) is 0 Å². The van der Waals surface area contributed by atoms with Crippen LogP contribution in [0.3, 0.4) is 0 Å². The van der Waals surface area contributed by atoms with Gasteiger partial charge in [0.05, 0.1) is 18.6 Å². The maximum atomic E-state index is 6.49. The van der Waals surface area contributed by atoms with Crippen LogP contribution in [0, 0.1) is 0 Å². The summed E-state index contributed by atoms with van der Waals surface area (Å²) in [5.41, 5.74) is 9.35. The number of ether oxygens (including phenoxy) is 1. The van der Waals surface area contributed by atoms with E-state index in [0.717, 1.165) is 29.5 Å². The number of methoxy groups -OCH3 is 1. The first kappa shape index (κ1) is 16.3. The van der Waals surface area contributed by atoms with Gasteiger partial charge in [-0.05, 0) is 48.7 Å². The lowest BCUT2D eigenvalue weighted by atomic mass is 10.1. The average Bonchev–Trinajstić information content (AvgIpc) is 3.16. The van der Waals surface area contributed by atoms with E-state index in [-0.39, 0.29) is 6.17 Å². The van der Waals surface area contributed by atoms with Crippen molar-refractivity contribution in [3.8, 4) is 5.75 Å². The van der Waals surface area contributed by atoms with E-state index in [0.29, 0.717) is 11.4 Å². The topological polar surface area (TPSA) is 64.0 Å². The van der Waals surface area contributed by atoms with Crippen molar-refractivity contribution in [1.29, 1.82) is 0 Å². The number of aryl methyl sites for hydroxylation is 1. The predicted molar refractivity (Wildman–Crippen MR) is 101 cm³/mol. The number of hydrogen-bond donors (Lipinski definition) is 1. The lowest BCUT2D eigenvalue weighted by Gasteiger charge is -2.32. The van der Waals surface area contributed by atoms with Crippen molar-refractivity contribution in [3.05, 3.63) is 83.3 Å². The highest BCUT2D eigenvalue weighted by atomic mass is 16.5. The standard InChI is InChI=1S/C21H21N3O2/c1-25-17-10-8-16(9-11-17)24-19(12-7-15-5-3-2-4-6-15)23-21-18(20(24)22)13-14-26-21/h2-6,8-11,13-14,19H,7,12,22H2,1H3. The molecule has 0 radical (unpaired) electrons. The number of nitrogens with zero attached hydrogens (tertiary/aromatic N) is 2. The Morgan fingerprint density at radius 2 is 1.85 bits per heavy atom. The lowest BCUT2D eigenvalue weighted by Crippen LogP contribution is -2.47. The lowest BCUT2D eigenvalue weighted by molar-refractivity contribution is 0.414. The van der Waals surface area contributed by atoms with Crippen molar-refractivity contribution in [2.24, 2.45) is 10.7 Å². The normalized spacial score (nSPS) is 16.1. The first-order chi connectivity index (χ1) is 12.8. The molecule has 1 unspecified atom stereocenters. The van der Waals surface area contributed by atoms with Crippen LogP contribution in [-0.2, 0) is 6.42 Å². The van der Waals surface area contributed by atoms with E-state index in [1.165, 1.54) is 5.56 Å². The summed E-state index contributed by atoms with van der Waals surface area (Å²) in [5.74, 6) is 1.47. The largest absolute Gasteiger partial charge is 0.497 e. The smallest absolute Gasteiger partial charge is 0.227 e. The summed E-state index contributed by atoms with van der Waals surface area (Å²) in [5, 5.41) is 0.830. The number of benzene rings is 2. The summed E-state index contributed by atoms with van der Waals surface area (Å²) in [6.45, 7) is 0. The molecule has 0 fully saturated rings. The van der Waals surface area contributed by atoms with Crippen molar-refractivity contribution < 1.29 is 9.15 Å². The molecule has 2 N–H and O–H groups in total.